The van der Waals surface area contributed by atoms with Gasteiger partial charge >= 0.3 is 0 Å². The fraction of sp³-hybridized carbons (Fsp3) is 0.167. The molecule has 0 unspecified atom stereocenters. The van der Waals surface area contributed by atoms with Crippen LogP contribution in [0.25, 0.3) is 0 Å². The van der Waals surface area contributed by atoms with Crippen molar-refractivity contribution in [1.29, 1.82) is 0 Å². The summed E-state index contributed by atoms with van der Waals surface area (Å²) in [7, 11) is -2.73. The maximum Gasteiger partial charge on any atom is 0.293 e. The molecule has 15 heavy (non-hydrogen) atoms. The molecule has 0 spiro atoms. The number of hydrogen-bond acceptors (Lipinski definition) is 2. The van der Waals surface area contributed by atoms with Gasteiger partial charge in [-0.05, 0) is 37.1 Å². The van der Waals surface area contributed by atoms with Crippen molar-refractivity contribution in [3.63, 3.8) is 0 Å². The van der Waals surface area contributed by atoms with Crippen molar-refractivity contribution in [3.05, 3.63) is 53.1 Å². The molecule has 2 rings (SSSR count). The van der Waals surface area contributed by atoms with Crippen LogP contribution in [0, 0.1) is 0 Å². The molecular weight excluding hydrogens is 207 g/mol. The normalized spacial score (nSPS) is 18.3. The van der Waals surface area contributed by atoms with Gasteiger partial charge in [-0.2, -0.15) is 0 Å². The standard InChI is InChI=1S/C12H13O2P/c1-10-8-15(13,9-11(10)2)14-12-6-4-3-5-7-12/h3-9H,1-2H3. The Labute approximate surface area is 89.7 Å². The van der Waals surface area contributed by atoms with E-state index < -0.39 is 7.37 Å². The van der Waals surface area contributed by atoms with Crippen molar-refractivity contribution in [2.45, 2.75) is 13.8 Å². The number of hydrogen-bond donors (Lipinski definition) is 0. The highest BCUT2D eigenvalue weighted by Gasteiger charge is 2.24. The van der Waals surface area contributed by atoms with Gasteiger partial charge in [0.1, 0.15) is 5.75 Å². The third-order valence-electron chi connectivity index (χ3n) is 2.36. The Kier molecular flexibility index (Phi) is 2.54. The van der Waals surface area contributed by atoms with E-state index in [2.05, 4.69) is 0 Å². The van der Waals surface area contributed by atoms with Crippen LogP contribution >= 0.6 is 7.37 Å². The maximum absolute atomic E-state index is 12.2. The summed E-state index contributed by atoms with van der Waals surface area (Å²) in [6.07, 6.45) is 0. The van der Waals surface area contributed by atoms with Crippen LogP contribution in [0.5, 0.6) is 5.75 Å². The zero-order valence-corrected chi connectivity index (χ0v) is 9.70. The van der Waals surface area contributed by atoms with Crippen LogP contribution in [0.15, 0.2) is 53.1 Å². The fourth-order valence-electron chi connectivity index (χ4n) is 1.48. The molecule has 0 aliphatic carbocycles. The summed E-state index contributed by atoms with van der Waals surface area (Å²) in [6, 6.07) is 9.25. The Balaban J connectivity index is 2.25. The summed E-state index contributed by atoms with van der Waals surface area (Å²) >= 11 is 0. The van der Waals surface area contributed by atoms with Crippen LogP contribution in [0.3, 0.4) is 0 Å². The van der Waals surface area contributed by atoms with Gasteiger partial charge in [0.2, 0.25) is 0 Å². The molecule has 0 aromatic heterocycles. The lowest BCUT2D eigenvalue weighted by Crippen LogP contribution is -1.85. The minimum Gasteiger partial charge on any atom is -0.438 e. The molecule has 0 fully saturated rings. The topological polar surface area (TPSA) is 26.3 Å². The molecule has 1 aromatic rings. The van der Waals surface area contributed by atoms with Crippen LogP contribution in [0.4, 0.5) is 0 Å². The van der Waals surface area contributed by atoms with E-state index in [0.29, 0.717) is 5.75 Å². The maximum atomic E-state index is 12.2. The summed E-state index contributed by atoms with van der Waals surface area (Å²) in [5, 5.41) is 0. The van der Waals surface area contributed by atoms with Gasteiger partial charge in [0.05, 0.1) is 0 Å². The summed E-state index contributed by atoms with van der Waals surface area (Å²) in [5.74, 6) is 4.08. The van der Waals surface area contributed by atoms with Gasteiger partial charge in [0.15, 0.2) is 0 Å². The molecule has 3 heteroatoms. The van der Waals surface area contributed by atoms with Crippen LogP contribution in [-0.2, 0) is 4.57 Å². The first kappa shape index (κ1) is 10.3. The predicted molar refractivity (Wildman–Crippen MR) is 62.2 cm³/mol. The largest absolute Gasteiger partial charge is 0.438 e. The van der Waals surface area contributed by atoms with Crippen LogP contribution in [0.1, 0.15) is 13.8 Å². The van der Waals surface area contributed by atoms with Gasteiger partial charge in [-0.15, -0.1) is 0 Å². The van der Waals surface area contributed by atoms with E-state index >= 15 is 0 Å². The quantitative estimate of drug-likeness (QED) is 0.699. The molecule has 0 saturated heterocycles. The lowest BCUT2D eigenvalue weighted by molar-refractivity contribution is 0.501. The molecule has 1 aliphatic heterocycles. The lowest BCUT2D eigenvalue weighted by atomic mass is 10.2. The van der Waals surface area contributed by atoms with E-state index in [0.717, 1.165) is 11.1 Å². The summed E-state index contributed by atoms with van der Waals surface area (Å²) in [4.78, 5) is 0. The van der Waals surface area contributed by atoms with Crippen molar-refractivity contribution < 1.29 is 9.09 Å². The third kappa shape index (κ3) is 2.21. The second-order valence-corrected chi connectivity index (χ2v) is 5.66. The molecule has 1 heterocycles. The lowest BCUT2D eigenvalue weighted by Gasteiger charge is -2.09. The van der Waals surface area contributed by atoms with E-state index in [1.807, 2.05) is 44.2 Å². The minimum absolute atomic E-state index is 0.649. The summed E-state index contributed by atoms with van der Waals surface area (Å²) < 4.78 is 17.7. The Morgan fingerprint density at radius 3 is 2.07 bits per heavy atom. The van der Waals surface area contributed by atoms with Gasteiger partial charge in [0.25, 0.3) is 7.37 Å². The van der Waals surface area contributed by atoms with Crippen LogP contribution < -0.4 is 4.52 Å². The Hall–Kier alpha value is -1.27. The molecular formula is C12H13O2P. The number of para-hydroxylation sites is 1. The van der Waals surface area contributed by atoms with Crippen molar-refractivity contribution in [2.75, 3.05) is 0 Å². The van der Waals surface area contributed by atoms with E-state index in [4.69, 9.17) is 4.52 Å². The molecule has 1 aromatic carbocycles. The van der Waals surface area contributed by atoms with Crippen LogP contribution in [0.2, 0.25) is 0 Å². The zero-order valence-electron chi connectivity index (χ0n) is 8.81. The Bertz CT molecular complexity index is 450. The SMILES string of the molecule is CC1=CP(=O)(Oc2ccccc2)C=C1C. The van der Waals surface area contributed by atoms with Gasteiger partial charge < -0.3 is 4.52 Å². The third-order valence-corrected chi connectivity index (χ3v) is 4.35. The molecule has 0 radical (unpaired) electrons. The highest BCUT2D eigenvalue weighted by Crippen LogP contribution is 2.56. The summed E-state index contributed by atoms with van der Waals surface area (Å²) in [5.41, 5.74) is 2.07. The monoisotopic (exact) mass is 220 g/mol. The number of rotatable bonds is 2. The number of benzene rings is 1. The molecule has 0 bridgehead atoms. The first-order valence-electron chi connectivity index (χ1n) is 4.82. The molecule has 78 valence electrons. The van der Waals surface area contributed by atoms with E-state index in [-0.39, 0.29) is 0 Å². The minimum atomic E-state index is -2.73. The molecule has 2 nitrogen and oxygen atoms in total. The second kappa shape index (κ2) is 3.71. The first-order chi connectivity index (χ1) is 7.09. The average Bonchev–Trinajstić information content (AvgIpc) is 2.42. The fourth-order valence-corrected chi connectivity index (χ4v) is 3.60. The van der Waals surface area contributed by atoms with Gasteiger partial charge in [0, 0.05) is 11.6 Å². The Morgan fingerprint density at radius 2 is 1.53 bits per heavy atom. The van der Waals surface area contributed by atoms with Gasteiger partial charge in [-0.1, -0.05) is 18.2 Å². The zero-order chi connectivity index (χ0) is 10.9. The Morgan fingerprint density at radius 1 is 1.00 bits per heavy atom. The predicted octanol–water partition coefficient (Wildman–Crippen LogP) is 4.16. The molecule has 0 N–H and O–H groups in total. The highest BCUT2D eigenvalue weighted by atomic mass is 31.2. The smallest absolute Gasteiger partial charge is 0.293 e. The van der Waals surface area contributed by atoms with Gasteiger partial charge in [-0.3, -0.25) is 4.57 Å². The van der Waals surface area contributed by atoms with Crippen LogP contribution in [-0.4, -0.2) is 0 Å². The van der Waals surface area contributed by atoms with E-state index in [1.54, 1.807) is 11.6 Å². The van der Waals surface area contributed by atoms with Gasteiger partial charge in [-0.25, -0.2) is 0 Å². The van der Waals surface area contributed by atoms with E-state index in [1.165, 1.54) is 0 Å². The second-order valence-electron chi connectivity index (χ2n) is 3.67. The summed E-state index contributed by atoms with van der Waals surface area (Å²) in [6.45, 7) is 3.89. The van der Waals surface area contributed by atoms with E-state index in [9.17, 15) is 4.57 Å². The van der Waals surface area contributed by atoms with Crippen molar-refractivity contribution in [3.8, 4) is 5.75 Å². The molecule has 0 atom stereocenters. The first-order valence-corrected chi connectivity index (χ1v) is 6.59. The van der Waals surface area contributed by atoms with Crippen molar-refractivity contribution in [2.24, 2.45) is 0 Å². The highest BCUT2D eigenvalue weighted by molar-refractivity contribution is 7.66. The van der Waals surface area contributed by atoms with Crippen molar-refractivity contribution >= 4 is 7.37 Å². The average molecular weight is 220 g/mol. The molecule has 0 amide bonds. The molecule has 1 aliphatic rings. The van der Waals surface area contributed by atoms with Crippen molar-refractivity contribution in [1.82, 2.24) is 0 Å². The number of allylic oxidation sites excluding steroid dienone is 2. The molecule has 0 saturated carbocycles.